The maximum absolute atomic E-state index is 5.99. The normalized spacial score (nSPS) is 14.0. The van der Waals surface area contributed by atoms with Gasteiger partial charge in [-0.1, -0.05) is 37.3 Å². The van der Waals surface area contributed by atoms with Crippen molar-refractivity contribution in [2.75, 3.05) is 17.2 Å². The Morgan fingerprint density at radius 2 is 1.96 bits per heavy atom. The van der Waals surface area contributed by atoms with Crippen LogP contribution in [-0.2, 0) is 19.4 Å². The molecule has 0 atom stereocenters. The second-order valence-corrected chi connectivity index (χ2v) is 6.00. The van der Waals surface area contributed by atoms with E-state index in [1.165, 1.54) is 22.0 Å². The molecule has 2 heterocycles. The number of anilines is 2. The largest absolute Gasteiger partial charge is 0.383 e. The molecule has 0 unspecified atom stereocenters. The van der Waals surface area contributed by atoms with Crippen LogP contribution in [0.25, 0.3) is 10.8 Å². The van der Waals surface area contributed by atoms with Gasteiger partial charge < -0.3 is 10.6 Å². The first kappa shape index (κ1) is 14.0. The molecule has 4 rings (SSSR count). The summed E-state index contributed by atoms with van der Waals surface area (Å²) in [5.41, 5.74) is 10.8. The monoisotopic (exact) mass is 304 g/mol. The summed E-state index contributed by atoms with van der Waals surface area (Å²) in [7, 11) is 0. The number of hydrogen-bond donors (Lipinski definition) is 1. The molecule has 1 aliphatic heterocycles. The maximum atomic E-state index is 5.99. The summed E-state index contributed by atoms with van der Waals surface area (Å²) in [6.07, 6.45) is 3.50. The molecule has 0 aliphatic carbocycles. The van der Waals surface area contributed by atoms with Crippen LogP contribution in [0.3, 0.4) is 0 Å². The summed E-state index contributed by atoms with van der Waals surface area (Å²) in [5.74, 6) is 0.627. The van der Waals surface area contributed by atoms with E-state index in [4.69, 9.17) is 5.73 Å². The lowest BCUT2D eigenvalue weighted by atomic mass is 9.98. The Kier molecular flexibility index (Phi) is 3.37. The number of rotatable bonds is 2. The van der Waals surface area contributed by atoms with E-state index in [0.29, 0.717) is 5.82 Å². The highest BCUT2D eigenvalue weighted by Gasteiger charge is 2.21. The molecular weight excluding hydrogens is 284 g/mol. The van der Waals surface area contributed by atoms with Crippen LogP contribution in [0.15, 0.2) is 42.7 Å². The van der Waals surface area contributed by atoms with Gasteiger partial charge in [-0.25, -0.2) is 9.97 Å². The maximum Gasteiger partial charge on any atom is 0.130 e. The van der Waals surface area contributed by atoms with Gasteiger partial charge in [-0.2, -0.15) is 0 Å². The van der Waals surface area contributed by atoms with Crippen LogP contribution in [0.4, 0.5) is 11.5 Å². The quantitative estimate of drug-likeness (QED) is 0.789. The molecule has 23 heavy (non-hydrogen) atoms. The summed E-state index contributed by atoms with van der Waals surface area (Å²) in [6.45, 7) is 3.95. The Bertz CT molecular complexity index is 867. The molecule has 4 nitrogen and oxygen atoms in total. The second kappa shape index (κ2) is 5.54. The number of aryl methyl sites for hydroxylation is 1. The highest BCUT2D eigenvalue weighted by Crippen LogP contribution is 2.33. The average molecular weight is 304 g/mol. The van der Waals surface area contributed by atoms with Gasteiger partial charge in [-0.05, 0) is 29.9 Å². The smallest absolute Gasteiger partial charge is 0.130 e. The van der Waals surface area contributed by atoms with E-state index < -0.39 is 0 Å². The van der Waals surface area contributed by atoms with Crippen LogP contribution in [0.2, 0.25) is 0 Å². The summed E-state index contributed by atoms with van der Waals surface area (Å²) in [5, 5.41) is 2.66. The van der Waals surface area contributed by atoms with E-state index in [-0.39, 0.29) is 0 Å². The van der Waals surface area contributed by atoms with Crippen molar-refractivity contribution in [2.24, 2.45) is 0 Å². The SMILES string of the molecule is CCc1cccc2cccc(N3CCc4c(N)ncnc4C3)c12. The van der Waals surface area contributed by atoms with Crippen molar-refractivity contribution in [3.63, 3.8) is 0 Å². The van der Waals surface area contributed by atoms with Crippen LogP contribution < -0.4 is 10.6 Å². The van der Waals surface area contributed by atoms with Crippen LogP contribution in [0.1, 0.15) is 23.7 Å². The van der Waals surface area contributed by atoms with Crippen LogP contribution >= 0.6 is 0 Å². The van der Waals surface area contributed by atoms with Gasteiger partial charge in [-0.3, -0.25) is 0 Å². The third kappa shape index (κ3) is 2.31. The number of hydrogen-bond acceptors (Lipinski definition) is 4. The van der Waals surface area contributed by atoms with Crippen molar-refractivity contribution < 1.29 is 0 Å². The van der Waals surface area contributed by atoms with Crippen molar-refractivity contribution in [1.82, 2.24) is 9.97 Å². The molecule has 116 valence electrons. The molecule has 4 heteroatoms. The minimum Gasteiger partial charge on any atom is -0.383 e. The van der Waals surface area contributed by atoms with E-state index >= 15 is 0 Å². The molecule has 0 fully saturated rings. The minimum absolute atomic E-state index is 0.627. The van der Waals surface area contributed by atoms with Crippen molar-refractivity contribution in [3.05, 3.63) is 59.5 Å². The fourth-order valence-electron chi connectivity index (χ4n) is 3.54. The van der Waals surface area contributed by atoms with E-state index in [9.17, 15) is 0 Å². The molecule has 0 radical (unpaired) electrons. The van der Waals surface area contributed by atoms with Gasteiger partial charge in [0.2, 0.25) is 0 Å². The predicted molar refractivity (Wildman–Crippen MR) is 94.5 cm³/mol. The predicted octanol–water partition coefficient (Wildman–Crippen LogP) is 3.34. The Morgan fingerprint density at radius 1 is 1.13 bits per heavy atom. The average Bonchev–Trinajstić information content (AvgIpc) is 2.60. The standard InChI is InChI=1S/C19H20N4/c1-2-13-5-3-6-14-7-4-8-17(18(13)14)23-10-9-15-16(11-23)21-12-22-19(15)20/h3-8,12H,2,9-11H2,1H3,(H2,20,21,22). The van der Waals surface area contributed by atoms with E-state index in [2.05, 4.69) is 58.2 Å². The third-order valence-electron chi connectivity index (χ3n) is 4.73. The topological polar surface area (TPSA) is 55.0 Å². The van der Waals surface area contributed by atoms with Gasteiger partial charge in [0.25, 0.3) is 0 Å². The summed E-state index contributed by atoms with van der Waals surface area (Å²) in [6, 6.07) is 13.1. The summed E-state index contributed by atoms with van der Waals surface area (Å²) < 4.78 is 0. The first-order valence-electron chi connectivity index (χ1n) is 8.11. The molecule has 1 aromatic heterocycles. The lowest BCUT2D eigenvalue weighted by Crippen LogP contribution is -2.32. The molecule has 1 aliphatic rings. The van der Waals surface area contributed by atoms with E-state index in [0.717, 1.165) is 37.2 Å². The van der Waals surface area contributed by atoms with Crippen molar-refractivity contribution >= 4 is 22.3 Å². The fourth-order valence-corrected chi connectivity index (χ4v) is 3.54. The van der Waals surface area contributed by atoms with Crippen molar-refractivity contribution in [3.8, 4) is 0 Å². The number of aromatic nitrogens is 2. The van der Waals surface area contributed by atoms with Crippen LogP contribution in [0.5, 0.6) is 0 Å². The number of benzene rings is 2. The van der Waals surface area contributed by atoms with Crippen molar-refractivity contribution in [2.45, 2.75) is 26.3 Å². The second-order valence-electron chi connectivity index (χ2n) is 6.00. The van der Waals surface area contributed by atoms with Gasteiger partial charge in [0.1, 0.15) is 12.1 Å². The molecule has 2 N–H and O–H groups in total. The molecule has 0 saturated heterocycles. The number of nitrogens with zero attached hydrogens (tertiary/aromatic N) is 3. The highest BCUT2D eigenvalue weighted by molar-refractivity contribution is 5.97. The third-order valence-corrected chi connectivity index (χ3v) is 4.73. The van der Waals surface area contributed by atoms with E-state index in [1.807, 2.05) is 0 Å². The van der Waals surface area contributed by atoms with Crippen LogP contribution in [0, 0.1) is 0 Å². The van der Waals surface area contributed by atoms with Crippen LogP contribution in [-0.4, -0.2) is 16.5 Å². The molecule has 2 aromatic carbocycles. The first-order chi connectivity index (χ1) is 11.3. The lowest BCUT2D eigenvalue weighted by Gasteiger charge is -2.31. The Balaban J connectivity index is 1.82. The molecule has 0 amide bonds. The van der Waals surface area contributed by atoms with Gasteiger partial charge >= 0.3 is 0 Å². The zero-order valence-electron chi connectivity index (χ0n) is 13.3. The number of nitrogens with two attached hydrogens (primary N) is 1. The summed E-state index contributed by atoms with van der Waals surface area (Å²) in [4.78, 5) is 11.0. The fraction of sp³-hybridized carbons (Fsp3) is 0.263. The zero-order chi connectivity index (χ0) is 15.8. The van der Waals surface area contributed by atoms with Crippen molar-refractivity contribution in [1.29, 1.82) is 0 Å². The Morgan fingerprint density at radius 3 is 2.78 bits per heavy atom. The molecule has 0 bridgehead atoms. The highest BCUT2D eigenvalue weighted by atomic mass is 15.1. The van der Waals surface area contributed by atoms with Gasteiger partial charge in [0, 0.05) is 23.2 Å². The minimum atomic E-state index is 0.627. The number of nitrogen functional groups attached to an aromatic ring is 1. The molecule has 3 aromatic rings. The first-order valence-corrected chi connectivity index (χ1v) is 8.11. The number of fused-ring (bicyclic) bond motifs is 2. The molecular formula is C19H20N4. The molecule has 0 spiro atoms. The Hall–Kier alpha value is -2.62. The molecule has 0 saturated carbocycles. The zero-order valence-corrected chi connectivity index (χ0v) is 13.3. The Labute approximate surface area is 136 Å². The van der Waals surface area contributed by atoms with Gasteiger partial charge in [0.15, 0.2) is 0 Å². The van der Waals surface area contributed by atoms with Gasteiger partial charge in [0.05, 0.1) is 12.2 Å². The summed E-state index contributed by atoms with van der Waals surface area (Å²) >= 11 is 0. The van der Waals surface area contributed by atoms with Gasteiger partial charge in [-0.15, -0.1) is 0 Å². The van der Waals surface area contributed by atoms with E-state index in [1.54, 1.807) is 6.33 Å². The lowest BCUT2D eigenvalue weighted by molar-refractivity contribution is 0.708.